The molecule has 1 aromatic heterocycles. The van der Waals surface area contributed by atoms with Gasteiger partial charge in [0, 0.05) is 49.2 Å². The predicted molar refractivity (Wildman–Crippen MR) is 114 cm³/mol. The number of likely N-dealkylation sites (tertiary alicyclic amines) is 1. The molecule has 1 saturated carbocycles. The molecule has 2 heterocycles. The smallest absolute Gasteiger partial charge is 0.251 e. The lowest BCUT2D eigenvalue weighted by atomic mass is 10.0. The van der Waals surface area contributed by atoms with Crippen LogP contribution in [0.4, 0.5) is 0 Å². The topological polar surface area (TPSA) is 54.5 Å². The van der Waals surface area contributed by atoms with Gasteiger partial charge in [-0.2, -0.15) is 0 Å². The predicted octanol–water partition coefficient (Wildman–Crippen LogP) is 4.05. The van der Waals surface area contributed by atoms with Gasteiger partial charge in [-0.1, -0.05) is 25.0 Å². The number of benzene rings is 1. The van der Waals surface area contributed by atoms with Crippen LogP contribution >= 0.6 is 0 Å². The van der Waals surface area contributed by atoms with E-state index in [9.17, 15) is 4.79 Å². The van der Waals surface area contributed by atoms with E-state index in [2.05, 4.69) is 15.2 Å². The molecular formula is C24H31N3O2. The maximum Gasteiger partial charge on any atom is 0.251 e. The highest BCUT2D eigenvalue weighted by Gasteiger charge is 2.24. The molecule has 2 aliphatic rings. The van der Waals surface area contributed by atoms with Gasteiger partial charge in [-0.3, -0.25) is 9.78 Å². The fourth-order valence-corrected chi connectivity index (χ4v) is 4.46. The minimum absolute atomic E-state index is 0.00827. The first-order valence-electron chi connectivity index (χ1n) is 10.9. The van der Waals surface area contributed by atoms with E-state index in [1.54, 1.807) is 12.4 Å². The highest BCUT2D eigenvalue weighted by molar-refractivity contribution is 5.94. The van der Waals surface area contributed by atoms with E-state index in [0.717, 1.165) is 37.4 Å². The van der Waals surface area contributed by atoms with Gasteiger partial charge in [-0.05, 0) is 55.9 Å². The highest BCUT2D eigenvalue weighted by Crippen LogP contribution is 2.26. The summed E-state index contributed by atoms with van der Waals surface area (Å²) in [5.41, 5.74) is 1.66. The minimum atomic E-state index is -0.00827. The second-order valence-electron chi connectivity index (χ2n) is 8.38. The van der Waals surface area contributed by atoms with Crippen molar-refractivity contribution in [3.05, 3.63) is 59.9 Å². The van der Waals surface area contributed by atoms with E-state index in [1.165, 1.54) is 32.2 Å². The zero-order chi connectivity index (χ0) is 19.9. The van der Waals surface area contributed by atoms with Crippen LogP contribution in [-0.4, -0.2) is 41.5 Å². The van der Waals surface area contributed by atoms with Crippen LogP contribution < -0.4 is 10.1 Å². The van der Waals surface area contributed by atoms with Crippen molar-refractivity contribution in [1.82, 2.24) is 15.2 Å². The van der Waals surface area contributed by atoms with Crippen molar-refractivity contribution in [2.24, 2.45) is 5.92 Å². The molecule has 0 bridgehead atoms. The Kier molecular flexibility index (Phi) is 6.78. The lowest BCUT2D eigenvalue weighted by Gasteiger charge is -2.33. The molecule has 1 aliphatic carbocycles. The molecule has 4 rings (SSSR count). The summed E-state index contributed by atoms with van der Waals surface area (Å²) in [5.74, 6) is 1.59. The van der Waals surface area contributed by atoms with Crippen molar-refractivity contribution in [1.29, 1.82) is 0 Å². The number of carbonyl (C=O) groups is 1. The maximum absolute atomic E-state index is 12.7. The zero-order valence-corrected chi connectivity index (χ0v) is 17.1. The van der Waals surface area contributed by atoms with Gasteiger partial charge in [0.2, 0.25) is 0 Å². The van der Waals surface area contributed by atoms with Gasteiger partial charge in [0.1, 0.15) is 12.4 Å². The van der Waals surface area contributed by atoms with Gasteiger partial charge < -0.3 is 15.0 Å². The number of hydrogen-bond donors (Lipinski definition) is 1. The van der Waals surface area contributed by atoms with E-state index < -0.39 is 0 Å². The molecule has 5 heteroatoms. The third-order valence-corrected chi connectivity index (χ3v) is 6.14. The van der Waals surface area contributed by atoms with E-state index in [0.29, 0.717) is 17.9 Å². The number of nitrogens with zero attached hydrogens (tertiary/aromatic N) is 2. The molecule has 0 atom stereocenters. The third kappa shape index (κ3) is 5.80. The standard InChI is InChI=1S/C24H31N3O2/c28-24(26-22-10-13-27(14-11-22)17-19-5-1-2-6-19)21-8-3-9-23(15-21)29-18-20-7-4-12-25-16-20/h3-4,7-9,12,15-16,19,22H,1-2,5-6,10-11,13-14,17-18H2,(H,26,28). The minimum Gasteiger partial charge on any atom is -0.489 e. The van der Waals surface area contributed by atoms with Crippen LogP contribution in [0.1, 0.15) is 54.4 Å². The second kappa shape index (κ2) is 9.88. The monoisotopic (exact) mass is 393 g/mol. The Morgan fingerprint density at radius 1 is 1.10 bits per heavy atom. The molecule has 154 valence electrons. The zero-order valence-electron chi connectivity index (χ0n) is 17.1. The Bertz CT molecular complexity index is 782. The van der Waals surface area contributed by atoms with Gasteiger partial charge in [0.15, 0.2) is 0 Å². The normalized spacial score (nSPS) is 18.6. The first-order valence-corrected chi connectivity index (χ1v) is 10.9. The molecule has 1 aliphatic heterocycles. The summed E-state index contributed by atoms with van der Waals surface area (Å²) in [4.78, 5) is 19.4. The molecular weight excluding hydrogens is 362 g/mol. The van der Waals surface area contributed by atoms with Crippen LogP contribution in [0.25, 0.3) is 0 Å². The average Bonchev–Trinajstić information content (AvgIpc) is 3.28. The summed E-state index contributed by atoms with van der Waals surface area (Å²) in [6, 6.07) is 11.6. The quantitative estimate of drug-likeness (QED) is 0.771. The van der Waals surface area contributed by atoms with Gasteiger partial charge in [0.25, 0.3) is 5.91 Å². The molecule has 2 aromatic rings. The highest BCUT2D eigenvalue weighted by atomic mass is 16.5. The largest absolute Gasteiger partial charge is 0.489 e. The molecule has 1 aromatic carbocycles. The number of hydrogen-bond acceptors (Lipinski definition) is 4. The van der Waals surface area contributed by atoms with Crippen LogP contribution in [0, 0.1) is 5.92 Å². The summed E-state index contributed by atoms with van der Waals surface area (Å²) < 4.78 is 5.82. The van der Waals surface area contributed by atoms with Crippen molar-refractivity contribution >= 4 is 5.91 Å². The summed E-state index contributed by atoms with van der Waals surface area (Å²) >= 11 is 0. The Labute approximate surface area is 173 Å². The van der Waals surface area contributed by atoms with Crippen LogP contribution in [0.2, 0.25) is 0 Å². The molecule has 1 saturated heterocycles. The molecule has 5 nitrogen and oxygen atoms in total. The number of amides is 1. The molecule has 1 amide bonds. The van der Waals surface area contributed by atoms with Crippen LogP contribution in [0.5, 0.6) is 5.75 Å². The van der Waals surface area contributed by atoms with Crippen molar-refractivity contribution in [2.45, 2.75) is 51.2 Å². The Morgan fingerprint density at radius 2 is 1.93 bits per heavy atom. The summed E-state index contributed by atoms with van der Waals surface area (Å²) in [6.45, 7) is 3.88. The van der Waals surface area contributed by atoms with Crippen molar-refractivity contribution < 1.29 is 9.53 Å². The lowest BCUT2D eigenvalue weighted by molar-refractivity contribution is 0.0905. The molecule has 0 radical (unpaired) electrons. The second-order valence-corrected chi connectivity index (χ2v) is 8.38. The number of piperidine rings is 1. The van der Waals surface area contributed by atoms with Crippen molar-refractivity contribution in [3.8, 4) is 5.75 Å². The number of aromatic nitrogens is 1. The van der Waals surface area contributed by atoms with Crippen molar-refractivity contribution in [3.63, 3.8) is 0 Å². The number of nitrogens with one attached hydrogen (secondary N) is 1. The fraction of sp³-hybridized carbons (Fsp3) is 0.500. The number of ether oxygens (including phenoxy) is 1. The summed E-state index contributed by atoms with van der Waals surface area (Å²) in [7, 11) is 0. The number of rotatable bonds is 7. The molecule has 2 fully saturated rings. The third-order valence-electron chi connectivity index (χ3n) is 6.14. The SMILES string of the molecule is O=C(NC1CCN(CC2CCCC2)CC1)c1cccc(OCc2cccnc2)c1. The number of pyridine rings is 1. The van der Waals surface area contributed by atoms with Gasteiger partial charge in [0.05, 0.1) is 0 Å². The summed E-state index contributed by atoms with van der Waals surface area (Å²) in [5, 5.41) is 3.22. The van der Waals surface area contributed by atoms with E-state index in [1.807, 2.05) is 36.4 Å². The van der Waals surface area contributed by atoms with Gasteiger partial charge in [-0.25, -0.2) is 0 Å². The van der Waals surface area contributed by atoms with Gasteiger partial charge in [-0.15, -0.1) is 0 Å². The first-order chi connectivity index (χ1) is 14.3. The Morgan fingerprint density at radius 3 is 2.69 bits per heavy atom. The van der Waals surface area contributed by atoms with E-state index in [-0.39, 0.29) is 11.9 Å². The Hall–Kier alpha value is -2.40. The molecule has 1 N–H and O–H groups in total. The Balaban J connectivity index is 1.24. The lowest BCUT2D eigenvalue weighted by Crippen LogP contribution is -2.45. The molecule has 0 unspecified atom stereocenters. The maximum atomic E-state index is 12.7. The first kappa shape index (κ1) is 19.9. The van der Waals surface area contributed by atoms with E-state index >= 15 is 0 Å². The number of carbonyl (C=O) groups excluding carboxylic acids is 1. The van der Waals surface area contributed by atoms with E-state index in [4.69, 9.17) is 4.74 Å². The fourth-order valence-electron chi connectivity index (χ4n) is 4.46. The van der Waals surface area contributed by atoms with Gasteiger partial charge >= 0.3 is 0 Å². The van der Waals surface area contributed by atoms with Crippen LogP contribution in [-0.2, 0) is 6.61 Å². The van der Waals surface area contributed by atoms with Crippen LogP contribution in [0.15, 0.2) is 48.8 Å². The molecule has 29 heavy (non-hydrogen) atoms. The molecule has 0 spiro atoms. The summed E-state index contributed by atoms with van der Waals surface area (Å²) in [6.07, 6.45) is 11.2. The van der Waals surface area contributed by atoms with Crippen LogP contribution in [0.3, 0.4) is 0 Å². The van der Waals surface area contributed by atoms with Crippen molar-refractivity contribution in [2.75, 3.05) is 19.6 Å². The average molecular weight is 394 g/mol.